The maximum atomic E-state index is 14.5. The summed E-state index contributed by atoms with van der Waals surface area (Å²) in [7, 11) is -1.15. The second kappa shape index (κ2) is 7.22. The van der Waals surface area contributed by atoms with Crippen molar-refractivity contribution in [2.75, 3.05) is 6.61 Å². The Hall–Kier alpha value is -0.0731. The van der Waals surface area contributed by atoms with Gasteiger partial charge in [0.2, 0.25) is 0 Å². The van der Waals surface area contributed by atoms with Gasteiger partial charge in [-0.1, -0.05) is 31.2 Å². The van der Waals surface area contributed by atoms with E-state index in [1.165, 1.54) is 0 Å². The van der Waals surface area contributed by atoms with E-state index in [-0.39, 0.29) is 18.4 Å². The molecule has 122 valence electrons. The molecule has 1 heterocycles. The average Bonchev–Trinajstić information content (AvgIpc) is 2.79. The molecule has 0 spiro atoms. The number of ether oxygens (including phenoxy) is 1. The molecule has 0 unspecified atom stereocenters. The van der Waals surface area contributed by atoms with Gasteiger partial charge in [-0.2, -0.15) is 0 Å². The standard InChI is InChI=1S/C15H19BrCl2FNOSi/c1-22(2,3)5-4-21-9-20-10(8-17)6-11-13(18)7-12(16)14(19)15(11)20/h6-7H,4-5,8-9H2,1-3H3. The van der Waals surface area contributed by atoms with Crippen molar-refractivity contribution in [3.8, 4) is 0 Å². The predicted octanol–water partition coefficient (Wildman–Crippen LogP) is 6.25. The lowest BCUT2D eigenvalue weighted by molar-refractivity contribution is 0.0885. The normalized spacial score (nSPS) is 12.3. The van der Waals surface area contributed by atoms with Crippen LogP contribution in [0.15, 0.2) is 16.6 Å². The fraction of sp³-hybridized carbons (Fsp3) is 0.467. The van der Waals surface area contributed by atoms with E-state index >= 15 is 0 Å². The van der Waals surface area contributed by atoms with Crippen LogP contribution in [-0.2, 0) is 17.3 Å². The number of aromatic nitrogens is 1. The van der Waals surface area contributed by atoms with Crippen LogP contribution in [0.2, 0.25) is 30.7 Å². The van der Waals surface area contributed by atoms with Gasteiger partial charge in [-0.15, -0.1) is 11.6 Å². The highest BCUT2D eigenvalue weighted by atomic mass is 79.9. The molecule has 2 aromatic rings. The van der Waals surface area contributed by atoms with Crippen LogP contribution < -0.4 is 0 Å². The van der Waals surface area contributed by atoms with Crippen molar-refractivity contribution < 1.29 is 9.13 Å². The number of hydrogen-bond donors (Lipinski definition) is 0. The van der Waals surface area contributed by atoms with Gasteiger partial charge in [-0.3, -0.25) is 0 Å². The zero-order chi connectivity index (χ0) is 16.5. The molecule has 0 fully saturated rings. The quantitative estimate of drug-likeness (QED) is 0.230. The van der Waals surface area contributed by atoms with Crippen LogP contribution in [0.3, 0.4) is 0 Å². The highest BCUT2D eigenvalue weighted by Gasteiger charge is 2.18. The maximum absolute atomic E-state index is 14.5. The van der Waals surface area contributed by atoms with Crippen molar-refractivity contribution in [1.82, 2.24) is 4.57 Å². The Labute approximate surface area is 149 Å². The van der Waals surface area contributed by atoms with Crippen LogP contribution in [0.4, 0.5) is 4.39 Å². The SMILES string of the molecule is C[Si](C)(C)CCOCn1c(CCl)cc2c(Cl)cc(Br)c(F)c21. The molecular weight excluding hydrogens is 408 g/mol. The summed E-state index contributed by atoms with van der Waals surface area (Å²) in [5, 5.41) is 1.15. The first kappa shape index (κ1) is 18.3. The molecule has 0 saturated carbocycles. The number of alkyl halides is 1. The highest BCUT2D eigenvalue weighted by molar-refractivity contribution is 9.10. The van der Waals surface area contributed by atoms with Gasteiger partial charge >= 0.3 is 0 Å². The number of rotatable bonds is 6. The third-order valence-electron chi connectivity index (χ3n) is 3.46. The summed E-state index contributed by atoms with van der Waals surface area (Å²) in [6.45, 7) is 7.83. The van der Waals surface area contributed by atoms with Gasteiger partial charge in [0.25, 0.3) is 0 Å². The Morgan fingerprint density at radius 1 is 1.32 bits per heavy atom. The Kier molecular flexibility index (Phi) is 5.99. The monoisotopic (exact) mass is 425 g/mol. The zero-order valence-corrected chi connectivity index (χ0v) is 16.9. The molecular formula is C15H19BrCl2FNOSi. The molecule has 7 heteroatoms. The number of benzene rings is 1. The third kappa shape index (κ3) is 4.06. The summed E-state index contributed by atoms with van der Waals surface area (Å²) in [4.78, 5) is 0. The first-order valence-electron chi connectivity index (χ1n) is 7.04. The zero-order valence-electron chi connectivity index (χ0n) is 12.9. The summed E-state index contributed by atoms with van der Waals surface area (Å²) in [5.41, 5.74) is 1.23. The third-order valence-corrected chi connectivity index (χ3v) is 6.33. The number of hydrogen-bond acceptors (Lipinski definition) is 1. The van der Waals surface area contributed by atoms with Gasteiger partial charge < -0.3 is 9.30 Å². The number of fused-ring (bicyclic) bond motifs is 1. The largest absolute Gasteiger partial charge is 0.361 e. The molecule has 0 aliphatic carbocycles. The van der Waals surface area contributed by atoms with Crippen molar-refractivity contribution in [2.24, 2.45) is 0 Å². The second-order valence-electron chi connectivity index (χ2n) is 6.46. The Morgan fingerprint density at radius 2 is 2.00 bits per heavy atom. The smallest absolute Gasteiger partial charge is 0.161 e. The Morgan fingerprint density at radius 3 is 2.59 bits per heavy atom. The number of nitrogens with zero attached hydrogens (tertiary/aromatic N) is 1. The molecule has 0 amide bonds. The highest BCUT2D eigenvalue weighted by Crippen LogP contribution is 2.34. The van der Waals surface area contributed by atoms with Gasteiger partial charge in [0, 0.05) is 25.8 Å². The van der Waals surface area contributed by atoms with E-state index in [4.69, 9.17) is 27.9 Å². The average molecular weight is 427 g/mol. The maximum Gasteiger partial charge on any atom is 0.161 e. The van der Waals surface area contributed by atoms with Gasteiger partial charge in [-0.05, 0) is 34.1 Å². The van der Waals surface area contributed by atoms with Crippen LogP contribution in [0, 0.1) is 5.82 Å². The van der Waals surface area contributed by atoms with E-state index in [0.717, 1.165) is 11.7 Å². The summed E-state index contributed by atoms with van der Waals surface area (Å²) in [5.74, 6) is -0.0658. The fourth-order valence-electron chi connectivity index (χ4n) is 2.18. The Balaban J connectivity index is 2.31. The summed E-state index contributed by atoms with van der Waals surface area (Å²) >= 11 is 15.4. The summed E-state index contributed by atoms with van der Waals surface area (Å²) < 4.78 is 22.3. The van der Waals surface area contributed by atoms with E-state index in [1.54, 1.807) is 10.6 Å². The van der Waals surface area contributed by atoms with Crippen molar-refractivity contribution in [3.63, 3.8) is 0 Å². The van der Waals surface area contributed by atoms with Crippen LogP contribution in [-0.4, -0.2) is 19.2 Å². The van der Waals surface area contributed by atoms with Gasteiger partial charge in [-0.25, -0.2) is 4.39 Å². The molecule has 2 rings (SSSR count). The van der Waals surface area contributed by atoms with Crippen molar-refractivity contribution in [1.29, 1.82) is 0 Å². The van der Waals surface area contributed by atoms with Gasteiger partial charge in [0.1, 0.15) is 6.73 Å². The topological polar surface area (TPSA) is 14.2 Å². The van der Waals surface area contributed by atoms with Crippen LogP contribution in [0.1, 0.15) is 5.69 Å². The molecule has 0 bridgehead atoms. The molecule has 2 nitrogen and oxygen atoms in total. The molecule has 0 saturated heterocycles. The van der Waals surface area contributed by atoms with Gasteiger partial charge in [0.15, 0.2) is 5.82 Å². The minimum atomic E-state index is -1.15. The van der Waals surface area contributed by atoms with E-state index in [0.29, 0.717) is 27.0 Å². The molecule has 0 N–H and O–H groups in total. The fourth-order valence-corrected chi connectivity index (χ4v) is 3.96. The molecule has 0 radical (unpaired) electrons. The first-order chi connectivity index (χ1) is 10.2. The van der Waals surface area contributed by atoms with Gasteiger partial charge in [0.05, 0.1) is 20.9 Å². The lowest BCUT2D eigenvalue weighted by Gasteiger charge is -2.16. The Bertz CT molecular complexity index is 684. The minimum Gasteiger partial charge on any atom is -0.361 e. The minimum absolute atomic E-state index is 0.277. The molecule has 22 heavy (non-hydrogen) atoms. The van der Waals surface area contributed by atoms with E-state index in [2.05, 4.69) is 35.6 Å². The molecule has 0 aliphatic heterocycles. The predicted molar refractivity (Wildman–Crippen MR) is 98.3 cm³/mol. The van der Waals surface area contributed by atoms with E-state index in [1.807, 2.05) is 6.07 Å². The van der Waals surface area contributed by atoms with Crippen molar-refractivity contribution in [3.05, 3.63) is 33.1 Å². The lowest BCUT2D eigenvalue weighted by atomic mass is 10.2. The molecule has 0 aliphatic rings. The summed E-state index contributed by atoms with van der Waals surface area (Å²) in [6, 6.07) is 4.45. The second-order valence-corrected chi connectivity index (χ2v) is 13.6. The van der Waals surface area contributed by atoms with Crippen LogP contribution in [0.25, 0.3) is 10.9 Å². The first-order valence-corrected chi connectivity index (χ1v) is 12.4. The van der Waals surface area contributed by atoms with Crippen LogP contribution >= 0.6 is 39.1 Å². The van der Waals surface area contributed by atoms with Crippen LogP contribution in [0.5, 0.6) is 0 Å². The van der Waals surface area contributed by atoms with Crippen molar-refractivity contribution in [2.45, 2.75) is 38.3 Å². The lowest BCUT2D eigenvalue weighted by Crippen LogP contribution is -2.22. The van der Waals surface area contributed by atoms with Crippen molar-refractivity contribution >= 4 is 58.1 Å². The molecule has 0 atom stereocenters. The van der Waals surface area contributed by atoms with E-state index < -0.39 is 8.07 Å². The number of halogens is 4. The molecule has 1 aromatic carbocycles. The summed E-state index contributed by atoms with van der Waals surface area (Å²) in [6.07, 6.45) is 0. The molecule has 1 aromatic heterocycles. The van der Waals surface area contributed by atoms with E-state index in [9.17, 15) is 4.39 Å².